The number of para-hydroxylation sites is 1. The van der Waals surface area contributed by atoms with Crippen LogP contribution in [0.1, 0.15) is 12.2 Å². The van der Waals surface area contributed by atoms with Gasteiger partial charge in [-0.3, -0.25) is 4.79 Å². The largest absolute Gasteiger partial charge is 0.338 e. The van der Waals surface area contributed by atoms with Crippen LogP contribution >= 0.6 is 23.1 Å². The van der Waals surface area contributed by atoms with E-state index < -0.39 is 0 Å². The minimum absolute atomic E-state index is 0.0541. The number of nitrogens with zero attached hydrogens (tertiary/aromatic N) is 4. The van der Waals surface area contributed by atoms with Crippen LogP contribution in [0.25, 0.3) is 0 Å². The highest BCUT2D eigenvalue weighted by molar-refractivity contribution is 7.09. The Balaban J connectivity index is 1.82. The van der Waals surface area contributed by atoms with Crippen molar-refractivity contribution in [2.75, 3.05) is 23.4 Å². The van der Waals surface area contributed by atoms with E-state index in [0.717, 1.165) is 23.1 Å². The fourth-order valence-electron chi connectivity index (χ4n) is 2.50. The summed E-state index contributed by atoms with van der Waals surface area (Å²) in [4.78, 5) is 20.7. The van der Waals surface area contributed by atoms with E-state index in [0.29, 0.717) is 11.6 Å². The number of hydrogen-bond acceptors (Lipinski definition) is 5. The molecule has 1 aliphatic rings. The molecule has 110 valence electrons. The summed E-state index contributed by atoms with van der Waals surface area (Å²) in [5, 5.41) is 1.37. The van der Waals surface area contributed by atoms with E-state index in [1.165, 1.54) is 11.5 Å². The number of likely N-dealkylation sites (N-methyl/N-ethyl adjacent to an activating group) is 1. The third-order valence-electron chi connectivity index (χ3n) is 3.61. The quantitative estimate of drug-likeness (QED) is 0.872. The van der Waals surface area contributed by atoms with E-state index in [1.807, 2.05) is 37.1 Å². The molecule has 1 fully saturated rings. The average Bonchev–Trinajstić information content (AvgIpc) is 3.05. The van der Waals surface area contributed by atoms with Gasteiger partial charge in [0.15, 0.2) is 0 Å². The Hall–Kier alpha value is -1.66. The van der Waals surface area contributed by atoms with Crippen LogP contribution in [-0.2, 0) is 4.79 Å². The lowest BCUT2D eigenvalue weighted by molar-refractivity contribution is -0.118. The Morgan fingerprint density at radius 3 is 2.86 bits per heavy atom. The number of anilines is 2. The number of aryl methyl sites for hydroxylation is 1. The molecule has 1 aliphatic heterocycles. The molecule has 1 atom stereocenters. The fraction of sp³-hybridized carbons (Fsp3) is 0.357. The molecule has 1 aromatic carbocycles. The molecule has 1 unspecified atom stereocenters. The minimum atomic E-state index is -0.214. The van der Waals surface area contributed by atoms with Crippen molar-refractivity contribution in [2.45, 2.75) is 19.4 Å². The van der Waals surface area contributed by atoms with Gasteiger partial charge in [-0.2, -0.15) is 4.37 Å². The van der Waals surface area contributed by atoms with Crippen molar-refractivity contribution >= 4 is 39.9 Å². The summed E-state index contributed by atoms with van der Waals surface area (Å²) >= 11 is 7.50. The summed E-state index contributed by atoms with van der Waals surface area (Å²) in [5.74, 6) is 0.786. The lowest BCUT2D eigenvalue weighted by Gasteiger charge is -2.23. The normalized spacial score (nSPS) is 18.3. The maximum Gasteiger partial charge on any atom is 0.249 e. The highest BCUT2D eigenvalue weighted by Gasteiger charge is 2.37. The van der Waals surface area contributed by atoms with E-state index in [-0.39, 0.29) is 11.9 Å². The Kier molecular flexibility index (Phi) is 3.82. The molecule has 0 saturated carbocycles. The van der Waals surface area contributed by atoms with Crippen LogP contribution in [0.2, 0.25) is 5.02 Å². The Morgan fingerprint density at radius 1 is 1.43 bits per heavy atom. The van der Waals surface area contributed by atoms with Crippen LogP contribution in [0.4, 0.5) is 10.8 Å². The minimum Gasteiger partial charge on any atom is -0.338 e. The predicted molar refractivity (Wildman–Crippen MR) is 85.3 cm³/mol. The van der Waals surface area contributed by atoms with Crippen molar-refractivity contribution in [3.05, 3.63) is 35.1 Å². The SMILES string of the molecule is Cc1nsc(N(C)C2CCN(c3ccccc3Cl)C2=O)n1. The molecule has 7 heteroatoms. The molecule has 0 spiro atoms. The van der Waals surface area contributed by atoms with Crippen molar-refractivity contribution in [3.63, 3.8) is 0 Å². The Morgan fingerprint density at radius 2 is 2.19 bits per heavy atom. The highest BCUT2D eigenvalue weighted by Crippen LogP contribution is 2.31. The first-order chi connectivity index (χ1) is 10.1. The number of aromatic nitrogens is 2. The zero-order valence-corrected chi connectivity index (χ0v) is 13.4. The molecule has 0 N–H and O–H groups in total. The van der Waals surface area contributed by atoms with E-state index in [9.17, 15) is 4.79 Å². The Bertz CT molecular complexity index is 674. The van der Waals surface area contributed by atoms with Gasteiger partial charge in [0.05, 0.1) is 10.7 Å². The lowest BCUT2D eigenvalue weighted by Crippen LogP contribution is -2.39. The number of rotatable bonds is 3. The summed E-state index contributed by atoms with van der Waals surface area (Å²) in [6.45, 7) is 2.51. The van der Waals surface area contributed by atoms with Crippen LogP contribution in [0, 0.1) is 6.92 Å². The molecule has 3 rings (SSSR count). The van der Waals surface area contributed by atoms with Gasteiger partial charge in [0, 0.05) is 25.1 Å². The lowest BCUT2D eigenvalue weighted by atomic mass is 10.2. The van der Waals surface area contributed by atoms with Crippen LogP contribution in [0.5, 0.6) is 0 Å². The molecular formula is C14H15ClN4OS. The molecule has 0 radical (unpaired) electrons. The molecule has 1 amide bonds. The van der Waals surface area contributed by atoms with Crippen LogP contribution in [0.15, 0.2) is 24.3 Å². The number of halogens is 1. The number of amides is 1. The maximum atomic E-state index is 12.7. The monoisotopic (exact) mass is 322 g/mol. The van der Waals surface area contributed by atoms with Crippen LogP contribution in [0.3, 0.4) is 0 Å². The first-order valence-electron chi connectivity index (χ1n) is 6.67. The van der Waals surface area contributed by atoms with Gasteiger partial charge in [0.2, 0.25) is 11.0 Å². The first-order valence-corrected chi connectivity index (χ1v) is 7.82. The molecule has 21 heavy (non-hydrogen) atoms. The van der Waals surface area contributed by atoms with Crippen LogP contribution < -0.4 is 9.80 Å². The average molecular weight is 323 g/mol. The van der Waals surface area contributed by atoms with E-state index in [1.54, 1.807) is 11.0 Å². The third kappa shape index (κ3) is 2.61. The standard InChI is InChI=1S/C14H15ClN4OS/c1-9-16-14(21-17-9)18(2)12-7-8-19(13(12)20)11-6-4-3-5-10(11)15/h3-6,12H,7-8H2,1-2H3. The second kappa shape index (κ2) is 5.61. The van der Waals surface area contributed by atoms with Gasteiger partial charge in [-0.05, 0) is 25.5 Å². The number of carbonyl (C=O) groups is 1. The van der Waals surface area contributed by atoms with Crippen LogP contribution in [-0.4, -0.2) is 34.9 Å². The highest BCUT2D eigenvalue weighted by atomic mass is 35.5. The van der Waals surface area contributed by atoms with Gasteiger partial charge in [-0.15, -0.1) is 0 Å². The molecule has 2 aromatic rings. The van der Waals surface area contributed by atoms with Crippen molar-refractivity contribution in [1.82, 2.24) is 9.36 Å². The second-order valence-corrected chi connectivity index (χ2v) is 6.12. The number of hydrogen-bond donors (Lipinski definition) is 0. The summed E-state index contributed by atoms with van der Waals surface area (Å²) in [6, 6.07) is 7.21. The number of benzene rings is 1. The Labute approximate surface area is 132 Å². The first kappa shape index (κ1) is 14.3. The van der Waals surface area contributed by atoms with Crippen molar-refractivity contribution in [3.8, 4) is 0 Å². The summed E-state index contributed by atoms with van der Waals surface area (Å²) in [5.41, 5.74) is 0.772. The second-order valence-electron chi connectivity index (χ2n) is 4.98. The zero-order chi connectivity index (χ0) is 15.0. The van der Waals surface area contributed by atoms with E-state index in [4.69, 9.17) is 11.6 Å². The van der Waals surface area contributed by atoms with E-state index in [2.05, 4.69) is 9.36 Å². The third-order valence-corrected chi connectivity index (χ3v) is 4.82. The molecule has 5 nitrogen and oxygen atoms in total. The number of carbonyl (C=O) groups excluding carboxylic acids is 1. The van der Waals surface area contributed by atoms with Gasteiger partial charge < -0.3 is 9.80 Å². The van der Waals surface area contributed by atoms with Gasteiger partial charge in [0.1, 0.15) is 11.9 Å². The van der Waals surface area contributed by atoms with Crippen molar-refractivity contribution < 1.29 is 4.79 Å². The summed E-state index contributed by atoms with van der Waals surface area (Å²) in [6.07, 6.45) is 0.749. The smallest absolute Gasteiger partial charge is 0.249 e. The summed E-state index contributed by atoms with van der Waals surface area (Å²) in [7, 11) is 1.89. The molecule has 1 aromatic heterocycles. The van der Waals surface area contributed by atoms with Crippen molar-refractivity contribution in [2.24, 2.45) is 0 Å². The summed E-state index contributed by atoms with van der Waals surface area (Å²) < 4.78 is 4.17. The van der Waals surface area contributed by atoms with Gasteiger partial charge in [-0.1, -0.05) is 23.7 Å². The van der Waals surface area contributed by atoms with Gasteiger partial charge in [-0.25, -0.2) is 4.98 Å². The fourth-order valence-corrected chi connectivity index (χ4v) is 3.42. The molecule has 1 saturated heterocycles. The molecular weight excluding hydrogens is 308 g/mol. The van der Waals surface area contributed by atoms with Crippen molar-refractivity contribution in [1.29, 1.82) is 0 Å². The molecule has 0 aliphatic carbocycles. The molecule has 2 heterocycles. The van der Waals surface area contributed by atoms with Gasteiger partial charge in [0.25, 0.3) is 0 Å². The predicted octanol–water partition coefficient (Wildman–Crippen LogP) is 2.74. The molecule has 0 bridgehead atoms. The maximum absolute atomic E-state index is 12.7. The van der Waals surface area contributed by atoms with Gasteiger partial charge >= 0.3 is 0 Å². The topological polar surface area (TPSA) is 49.3 Å². The van der Waals surface area contributed by atoms with E-state index >= 15 is 0 Å². The zero-order valence-electron chi connectivity index (χ0n) is 11.8.